The molecule has 1 unspecified atom stereocenters. The summed E-state index contributed by atoms with van der Waals surface area (Å²) in [6, 6.07) is 4.16. The Morgan fingerprint density at radius 3 is 2.42 bits per heavy atom. The lowest BCUT2D eigenvalue weighted by atomic mass is 9.69. The summed E-state index contributed by atoms with van der Waals surface area (Å²) in [7, 11) is 1.42. The van der Waals surface area contributed by atoms with E-state index in [2.05, 4.69) is 66.8 Å². The van der Waals surface area contributed by atoms with Gasteiger partial charge in [0.15, 0.2) is 19.8 Å². The second kappa shape index (κ2) is 7.63. The highest BCUT2D eigenvalue weighted by Crippen LogP contribution is 2.57. The van der Waals surface area contributed by atoms with Crippen LogP contribution < -0.4 is 9.47 Å². The Kier molecular flexibility index (Phi) is 5.63. The molecule has 0 N–H and O–H groups in total. The van der Waals surface area contributed by atoms with E-state index in [1.54, 1.807) is 14.2 Å². The van der Waals surface area contributed by atoms with Crippen LogP contribution in [0.1, 0.15) is 44.7 Å². The number of carbonyl (C=O) groups excluding carboxylic acids is 1. The van der Waals surface area contributed by atoms with Gasteiger partial charge in [0.05, 0.1) is 20.3 Å². The Bertz CT molecular complexity index is 938. The number of nitrogens with zero attached hydrogens (tertiary/aromatic N) is 1. The number of rotatable bonds is 4. The summed E-state index contributed by atoms with van der Waals surface area (Å²) in [4.78, 5) is 15.2. The number of fused-ring (bicyclic) bond motifs is 1. The van der Waals surface area contributed by atoms with Crippen LogP contribution in [0.25, 0.3) is 0 Å². The van der Waals surface area contributed by atoms with Crippen LogP contribution in [0, 0.1) is 0 Å². The summed E-state index contributed by atoms with van der Waals surface area (Å²) < 4.78 is 18.0. The first-order valence-electron chi connectivity index (χ1n) is 11.1. The predicted octanol–water partition coefficient (Wildman–Crippen LogP) is 5.17. The van der Waals surface area contributed by atoms with Crippen LogP contribution in [-0.4, -0.2) is 50.8 Å². The zero-order valence-electron chi connectivity index (χ0n) is 19.7. The minimum absolute atomic E-state index is 0.0679. The zero-order chi connectivity index (χ0) is 22.8. The summed E-state index contributed by atoms with van der Waals surface area (Å²) in [6.07, 6.45) is 4.43. The van der Waals surface area contributed by atoms with Gasteiger partial charge in [0.1, 0.15) is 5.54 Å². The number of hydrogen-bond donors (Lipinski definition) is 0. The molecular formula is C24H34BrNO4Si. The van der Waals surface area contributed by atoms with E-state index in [0.717, 1.165) is 36.1 Å². The topological polar surface area (TPSA) is 48.0 Å². The van der Waals surface area contributed by atoms with Gasteiger partial charge in [-0.3, -0.25) is 4.79 Å². The highest BCUT2D eigenvalue weighted by Gasteiger charge is 2.59. The third-order valence-corrected chi connectivity index (χ3v) is 13.3. The van der Waals surface area contributed by atoms with Crippen molar-refractivity contribution in [1.82, 2.24) is 4.90 Å². The Balaban J connectivity index is 1.77. The van der Waals surface area contributed by atoms with Crippen LogP contribution in [0.15, 0.2) is 23.8 Å². The van der Waals surface area contributed by atoms with Crippen molar-refractivity contribution in [1.29, 1.82) is 0 Å². The van der Waals surface area contributed by atoms with E-state index in [9.17, 15) is 4.79 Å². The molecule has 3 atom stereocenters. The molecule has 1 saturated carbocycles. The van der Waals surface area contributed by atoms with Crippen molar-refractivity contribution < 1.29 is 18.7 Å². The van der Waals surface area contributed by atoms with Crippen molar-refractivity contribution >= 4 is 30.2 Å². The number of amides is 1. The van der Waals surface area contributed by atoms with E-state index < -0.39 is 13.9 Å². The molecule has 5 nitrogen and oxygen atoms in total. The molecule has 0 saturated heterocycles. The molecule has 1 spiro atoms. The molecule has 1 amide bonds. The average Bonchev–Trinajstić information content (AvgIpc) is 2.98. The van der Waals surface area contributed by atoms with E-state index in [1.807, 2.05) is 6.08 Å². The average molecular weight is 509 g/mol. The summed E-state index contributed by atoms with van der Waals surface area (Å²) in [5.74, 6) is 1.55. The number of alkyl halides is 1. The minimum Gasteiger partial charge on any atom is -0.493 e. The molecule has 31 heavy (non-hydrogen) atoms. The van der Waals surface area contributed by atoms with E-state index in [-0.39, 0.29) is 21.9 Å². The SMILES string of the molecule is COc1cc2c(cc1OC)[C@]13C(=CC(=O)N1CC2)C[C@H](O[Si](C)(C)C(C)(C)C)CC3Br. The van der Waals surface area contributed by atoms with Crippen LogP contribution >= 0.6 is 15.9 Å². The maximum Gasteiger partial charge on any atom is 0.247 e. The maximum atomic E-state index is 13.1. The maximum absolute atomic E-state index is 13.1. The Labute approximate surface area is 195 Å². The first kappa shape index (κ1) is 22.9. The predicted molar refractivity (Wildman–Crippen MR) is 129 cm³/mol. The first-order chi connectivity index (χ1) is 14.5. The van der Waals surface area contributed by atoms with E-state index in [1.165, 1.54) is 5.56 Å². The minimum atomic E-state index is -1.91. The van der Waals surface area contributed by atoms with Gasteiger partial charge in [-0.15, -0.1) is 0 Å². The summed E-state index contributed by atoms with van der Waals surface area (Å²) in [6.45, 7) is 12.1. The van der Waals surface area contributed by atoms with Gasteiger partial charge in [0, 0.05) is 17.4 Å². The number of benzene rings is 1. The third kappa shape index (κ3) is 3.39. The van der Waals surface area contributed by atoms with Gasteiger partial charge in [0.25, 0.3) is 0 Å². The Morgan fingerprint density at radius 2 is 1.81 bits per heavy atom. The summed E-state index contributed by atoms with van der Waals surface area (Å²) in [5, 5.41) is 0.150. The standard InChI is InChI=1S/C24H34BrNO4Si/c1-23(2,3)31(6,7)30-17-11-16-12-22(27)26-9-8-15-10-19(28-4)20(29-5)14-18(15)24(16,26)21(25)13-17/h10,12,14,17,21H,8-9,11,13H2,1-7H3/t17-,21?,24-/m0/s1. The highest BCUT2D eigenvalue weighted by atomic mass is 79.9. The largest absolute Gasteiger partial charge is 0.493 e. The molecule has 1 aliphatic carbocycles. The smallest absolute Gasteiger partial charge is 0.247 e. The van der Waals surface area contributed by atoms with E-state index >= 15 is 0 Å². The quantitative estimate of drug-likeness (QED) is 0.416. The van der Waals surface area contributed by atoms with E-state index in [0.29, 0.717) is 12.3 Å². The second-order valence-corrected chi connectivity index (χ2v) is 16.3. The monoisotopic (exact) mass is 507 g/mol. The van der Waals surface area contributed by atoms with Gasteiger partial charge in [0.2, 0.25) is 5.91 Å². The van der Waals surface area contributed by atoms with Crippen molar-refractivity contribution in [3.63, 3.8) is 0 Å². The number of halogens is 1. The van der Waals surface area contributed by atoms with Gasteiger partial charge in [-0.05, 0) is 66.2 Å². The van der Waals surface area contributed by atoms with Gasteiger partial charge >= 0.3 is 0 Å². The van der Waals surface area contributed by atoms with Gasteiger partial charge < -0.3 is 18.8 Å². The van der Waals surface area contributed by atoms with Crippen molar-refractivity contribution in [2.24, 2.45) is 0 Å². The van der Waals surface area contributed by atoms with Crippen LogP contribution in [0.3, 0.4) is 0 Å². The van der Waals surface area contributed by atoms with Crippen LogP contribution in [-0.2, 0) is 21.2 Å². The van der Waals surface area contributed by atoms with Gasteiger partial charge in [-0.1, -0.05) is 36.7 Å². The summed E-state index contributed by atoms with van der Waals surface area (Å²) in [5.41, 5.74) is 3.06. The lowest BCUT2D eigenvalue weighted by molar-refractivity contribution is -0.130. The van der Waals surface area contributed by atoms with Crippen molar-refractivity contribution in [3.05, 3.63) is 34.9 Å². The molecule has 170 valence electrons. The number of hydrogen-bond acceptors (Lipinski definition) is 4. The lowest BCUT2D eigenvalue weighted by Crippen LogP contribution is -2.59. The molecule has 0 bridgehead atoms. The molecular weight excluding hydrogens is 474 g/mol. The number of methoxy groups -OCH3 is 2. The molecule has 0 aromatic heterocycles. The lowest BCUT2D eigenvalue weighted by Gasteiger charge is -2.53. The van der Waals surface area contributed by atoms with Crippen LogP contribution in [0.2, 0.25) is 18.1 Å². The van der Waals surface area contributed by atoms with Gasteiger partial charge in [-0.25, -0.2) is 0 Å². The molecule has 4 rings (SSSR count). The highest BCUT2D eigenvalue weighted by molar-refractivity contribution is 9.09. The molecule has 0 radical (unpaired) electrons. The van der Waals surface area contributed by atoms with Crippen LogP contribution in [0.4, 0.5) is 0 Å². The van der Waals surface area contributed by atoms with Crippen molar-refractivity contribution in [2.45, 2.75) is 74.6 Å². The molecule has 1 fully saturated rings. The fourth-order valence-electron chi connectivity index (χ4n) is 5.17. The van der Waals surface area contributed by atoms with Gasteiger partial charge in [-0.2, -0.15) is 0 Å². The third-order valence-electron chi connectivity index (χ3n) is 7.74. The Morgan fingerprint density at radius 1 is 1.16 bits per heavy atom. The molecule has 1 aromatic carbocycles. The summed E-state index contributed by atoms with van der Waals surface area (Å²) >= 11 is 4.03. The molecule has 2 aliphatic heterocycles. The number of ether oxygens (including phenoxy) is 2. The Hall–Kier alpha value is -1.31. The normalized spacial score (nSPS) is 27.9. The van der Waals surface area contributed by atoms with Crippen molar-refractivity contribution in [3.8, 4) is 11.5 Å². The van der Waals surface area contributed by atoms with Crippen molar-refractivity contribution in [2.75, 3.05) is 20.8 Å². The fourth-order valence-corrected chi connectivity index (χ4v) is 7.74. The van der Waals surface area contributed by atoms with Crippen LogP contribution in [0.5, 0.6) is 11.5 Å². The number of carbonyl (C=O) groups is 1. The second-order valence-electron chi connectivity index (χ2n) is 10.4. The molecule has 1 aromatic rings. The molecule has 3 aliphatic rings. The zero-order valence-corrected chi connectivity index (χ0v) is 22.3. The fraction of sp³-hybridized carbons (Fsp3) is 0.625. The molecule has 2 heterocycles. The first-order valence-corrected chi connectivity index (χ1v) is 14.9. The molecule has 7 heteroatoms. The van der Waals surface area contributed by atoms with E-state index in [4.69, 9.17) is 13.9 Å².